The van der Waals surface area contributed by atoms with Gasteiger partial charge in [0.1, 0.15) is 5.82 Å². The fourth-order valence-electron chi connectivity index (χ4n) is 2.22. The van der Waals surface area contributed by atoms with Gasteiger partial charge in [-0.15, -0.1) is 0 Å². The van der Waals surface area contributed by atoms with E-state index >= 15 is 0 Å². The van der Waals surface area contributed by atoms with Crippen LogP contribution in [0.25, 0.3) is 0 Å². The molecule has 0 bridgehead atoms. The number of hydrogen-bond donors (Lipinski definition) is 2. The van der Waals surface area contributed by atoms with Gasteiger partial charge in [-0.05, 0) is 36.4 Å². The SMILES string of the molecule is COC(=O)c1ccccc1Nc1ccnc(Nc2ccc(Cl)cc2Cl)n1. The topological polar surface area (TPSA) is 76.1 Å². The number of hydrogen-bond acceptors (Lipinski definition) is 6. The highest BCUT2D eigenvalue weighted by Gasteiger charge is 2.12. The lowest BCUT2D eigenvalue weighted by Gasteiger charge is -2.11. The van der Waals surface area contributed by atoms with Crippen LogP contribution in [0.4, 0.5) is 23.1 Å². The van der Waals surface area contributed by atoms with Crippen LogP contribution in [0.15, 0.2) is 54.7 Å². The maximum absolute atomic E-state index is 11.9. The van der Waals surface area contributed by atoms with E-state index in [1.807, 2.05) is 6.07 Å². The van der Waals surface area contributed by atoms with Crippen molar-refractivity contribution in [2.45, 2.75) is 0 Å². The first-order valence-electron chi connectivity index (χ1n) is 7.56. The molecule has 0 saturated heterocycles. The summed E-state index contributed by atoms with van der Waals surface area (Å²) in [6.07, 6.45) is 1.59. The second-order valence-electron chi connectivity index (χ2n) is 5.18. The van der Waals surface area contributed by atoms with Gasteiger partial charge in [-0.3, -0.25) is 0 Å². The summed E-state index contributed by atoms with van der Waals surface area (Å²) in [5, 5.41) is 7.11. The fraction of sp³-hybridized carbons (Fsp3) is 0.0556. The number of nitrogens with one attached hydrogen (secondary N) is 2. The van der Waals surface area contributed by atoms with Gasteiger partial charge in [0.05, 0.1) is 29.1 Å². The van der Waals surface area contributed by atoms with E-state index < -0.39 is 5.97 Å². The number of halogens is 2. The Kier molecular flexibility index (Phi) is 5.55. The molecule has 0 radical (unpaired) electrons. The van der Waals surface area contributed by atoms with Crippen molar-refractivity contribution in [1.29, 1.82) is 0 Å². The summed E-state index contributed by atoms with van der Waals surface area (Å²) >= 11 is 12.0. The highest BCUT2D eigenvalue weighted by atomic mass is 35.5. The summed E-state index contributed by atoms with van der Waals surface area (Å²) < 4.78 is 4.79. The normalized spacial score (nSPS) is 10.3. The molecule has 1 heterocycles. The minimum absolute atomic E-state index is 0.342. The van der Waals surface area contributed by atoms with Crippen molar-refractivity contribution in [2.24, 2.45) is 0 Å². The monoisotopic (exact) mass is 388 g/mol. The van der Waals surface area contributed by atoms with E-state index in [-0.39, 0.29) is 0 Å². The number of para-hydroxylation sites is 1. The molecule has 0 saturated carbocycles. The van der Waals surface area contributed by atoms with E-state index in [1.165, 1.54) is 7.11 Å². The molecule has 2 N–H and O–H groups in total. The van der Waals surface area contributed by atoms with Crippen LogP contribution in [0, 0.1) is 0 Å². The summed E-state index contributed by atoms with van der Waals surface area (Å²) in [5.41, 5.74) is 1.61. The maximum Gasteiger partial charge on any atom is 0.339 e. The molecule has 3 aromatic rings. The van der Waals surface area contributed by atoms with Crippen LogP contribution in [0.5, 0.6) is 0 Å². The third kappa shape index (κ3) is 4.22. The van der Waals surface area contributed by atoms with Crippen molar-refractivity contribution < 1.29 is 9.53 Å². The summed E-state index contributed by atoms with van der Waals surface area (Å²) in [4.78, 5) is 20.4. The van der Waals surface area contributed by atoms with Gasteiger partial charge in [0.2, 0.25) is 5.95 Å². The van der Waals surface area contributed by atoms with Gasteiger partial charge in [0, 0.05) is 11.2 Å². The number of anilines is 4. The van der Waals surface area contributed by atoms with Crippen molar-refractivity contribution >= 4 is 52.3 Å². The van der Waals surface area contributed by atoms with Crippen LogP contribution < -0.4 is 10.6 Å². The number of rotatable bonds is 5. The molecule has 2 aromatic carbocycles. The summed E-state index contributed by atoms with van der Waals surface area (Å²) in [7, 11) is 1.34. The smallest absolute Gasteiger partial charge is 0.339 e. The molecule has 0 aliphatic heterocycles. The van der Waals surface area contributed by atoms with Crippen LogP contribution in [-0.2, 0) is 4.74 Å². The minimum atomic E-state index is -0.437. The fourth-order valence-corrected chi connectivity index (χ4v) is 2.67. The van der Waals surface area contributed by atoms with Gasteiger partial charge < -0.3 is 15.4 Å². The molecule has 0 spiro atoms. The summed E-state index contributed by atoms with van der Waals surface area (Å²) in [6, 6.07) is 13.8. The number of carbonyl (C=O) groups is 1. The van der Waals surface area contributed by atoms with Crippen LogP contribution in [0.3, 0.4) is 0 Å². The zero-order valence-corrected chi connectivity index (χ0v) is 15.2. The van der Waals surface area contributed by atoms with Crippen molar-refractivity contribution in [1.82, 2.24) is 9.97 Å². The molecule has 0 fully saturated rings. The number of carbonyl (C=O) groups excluding carboxylic acids is 1. The zero-order valence-electron chi connectivity index (χ0n) is 13.7. The molecular weight excluding hydrogens is 375 g/mol. The molecular formula is C18H14Cl2N4O2. The Morgan fingerprint density at radius 1 is 1.04 bits per heavy atom. The number of nitrogens with zero attached hydrogens (tertiary/aromatic N) is 2. The number of ether oxygens (including phenoxy) is 1. The van der Waals surface area contributed by atoms with Crippen LogP contribution >= 0.6 is 23.2 Å². The molecule has 6 nitrogen and oxygen atoms in total. The van der Waals surface area contributed by atoms with Crippen molar-refractivity contribution in [3.05, 3.63) is 70.3 Å². The lowest BCUT2D eigenvalue weighted by atomic mass is 10.2. The maximum atomic E-state index is 11.9. The second kappa shape index (κ2) is 8.03. The van der Waals surface area contributed by atoms with Gasteiger partial charge in [-0.2, -0.15) is 4.98 Å². The van der Waals surface area contributed by atoms with Gasteiger partial charge >= 0.3 is 5.97 Å². The lowest BCUT2D eigenvalue weighted by molar-refractivity contribution is 0.0602. The van der Waals surface area contributed by atoms with Crippen LogP contribution in [-0.4, -0.2) is 23.0 Å². The molecule has 132 valence electrons. The zero-order chi connectivity index (χ0) is 18.5. The van der Waals surface area contributed by atoms with Crippen molar-refractivity contribution in [3.8, 4) is 0 Å². The molecule has 8 heteroatoms. The average Bonchev–Trinajstić information content (AvgIpc) is 2.64. The quantitative estimate of drug-likeness (QED) is 0.595. The predicted molar refractivity (Wildman–Crippen MR) is 103 cm³/mol. The molecule has 0 aliphatic carbocycles. The molecule has 26 heavy (non-hydrogen) atoms. The number of methoxy groups -OCH3 is 1. The highest BCUT2D eigenvalue weighted by Crippen LogP contribution is 2.28. The lowest BCUT2D eigenvalue weighted by Crippen LogP contribution is -2.06. The molecule has 3 rings (SSSR count). The third-order valence-electron chi connectivity index (χ3n) is 3.43. The Morgan fingerprint density at radius 2 is 1.85 bits per heavy atom. The highest BCUT2D eigenvalue weighted by molar-refractivity contribution is 6.36. The summed E-state index contributed by atoms with van der Waals surface area (Å²) in [6.45, 7) is 0. The van der Waals surface area contributed by atoms with E-state index in [1.54, 1.807) is 48.7 Å². The van der Waals surface area contributed by atoms with Crippen LogP contribution in [0.2, 0.25) is 10.0 Å². The Morgan fingerprint density at radius 3 is 2.62 bits per heavy atom. The first kappa shape index (κ1) is 18.0. The second-order valence-corrected chi connectivity index (χ2v) is 6.02. The first-order valence-corrected chi connectivity index (χ1v) is 8.32. The third-order valence-corrected chi connectivity index (χ3v) is 3.98. The molecule has 0 unspecified atom stereocenters. The predicted octanol–water partition coefficient (Wildman–Crippen LogP) is 5.06. The van der Waals surface area contributed by atoms with E-state index in [9.17, 15) is 4.79 Å². The van der Waals surface area contributed by atoms with Crippen molar-refractivity contribution in [2.75, 3.05) is 17.7 Å². The van der Waals surface area contributed by atoms with E-state index in [2.05, 4.69) is 20.6 Å². The Bertz CT molecular complexity index is 950. The largest absolute Gasteiger partial charge is 0.465 e. The van der Waals surface area contributed by atoms with Crippen LogP contribution in [0.1, 0.15) is 10.4 Å². The Balaban J connectivity index is 1.83. The average molecular weight is 389 g/mol. The molecule has 1 aromatic heterocycles. The number of aromatic nitrogens is 2. The van der Waals surface area contributed by atoms with Gasteiger partial charge in [-0.1, -0.05) is 35.3 Å². The first-order chi connectivity index (χ1) is 12.6. The number of esters is 1. The van der Waals surface area contributed by atoms with E-state index in [0.717, 1.165) is 0 Å². The van der Waals surface area contributed by atoms with E-state index in [4.69, 9.17) is 27.9 Å². The molecule has 0 aliphatic rings. The Hall–Kier alpha value is -2.83. The van der Waals surface area contributed by atoms with Crippen molar-refractivity contribution in [3.63, 3.8) is 0 Å². The Labute approximate surface area is 160 Å². The number of benzene rings is 2. The molecule has 0 amide bonds. The standard InChI is InChI=1S/C18H14Cl2N4O2/c1-26-17(25)12-4-2-3-5-14(12)22-16-8-9-21-18(24-16)23-15-7-6-11(19)10-13(15)20/h2-10H,1H3,(H2,21,22,23,24). The minimum Gasteiger partial charge on any atom is -0.465 e. The van der Waals surface area contributed by atoms with Gasteiger partial charge in [0.15, 0.2) is 0 Å². The molecule has 0 atom stereocenters. The van der Waals surface area contributed by atoms with E-state index in [0.29, 0.717) is 38.7 Å². The van der Waals surface area contributed by atoms with Gasteiger partial charge in [0.25, 0.3) is 0 Å². The van der Waals surface area contributed by atoms with Gasteiger partial charge in [-0.25, -0.2) is 9.78 Å². The summed E-state index contributed by atoms with van der Waals surface area (Å²) in [5.74, 6) is 0.409.